The molecule has 0 nitrogen and oxygen atoms in total. The summed E-state index contributed by atoms with van der Waals surface area (Å²) in [6, 6.07) is 0. The Hall–Kier alpha value is 0. The second kappa shape index (κ2) is 35.6. The van der Waals surface area contributed by atoms with Crippen molar-refractivity contribution in [2.45, 2.75) is 207 Å². The van der Waals surface area contributed by atoms with Crippen molar-refractivity contribution in [2.75, 3.05) is 0 Å². The molecular formula is C32H68. The van der Waals surface area contributed by atoms with Crippen LogP contribution in [0.25, 0.3) is 0 Å². The highest BCUT2D eigenvalue weighted by Gasteiger charge is 1.94. The fourth-order valence-electron chi connectivity index (χ4n) is 4.54. The molecule has 0 bridgehead atoms. The Bertz CT molecular complexity index is 213. The van der Waals surface area contributed by atoms with Crippen molar-refractivity contribution in [3.63, 3.8) is 0 Å². The van der Waals surface area contributed by atoms with Crippen molar-refractivity contribution in [1.82, 2.24) is 0 Å². The van der Waals surface area contributed by atoms with E-state index in [-0.39, 0.29) is 0 Å². The molecule has 0 saturated carbocycles. The first-order chi connectivity index (χ1) is 15.8. The van der Waals surface area contributed by atoms with Crippen LogP contribution < -0.4 is 0 Å². The van der Waals surface area contributed by atoms with Gasteiger partial charge in [-0.1, -0.05) is 207 Å². The van der Waals surface area contributed by atoms with Gasteiger partial charge in [-0.2, -0.15) is 0 Å². The highest BCUT2D eigenvalue weighted by Crippen LogP contribution is 2.13. The van der Waals surface area contributed by atoms with E-state index in [2.05, 4.69) is 27.7 Å². The summed E-state index contributed by atoms with van der Waals surface area (Å²) in [5.74, 6) is 0. The van der Waals surface area contributed by atoms with Crippen LogP contribution >= 0.6 is 0 Å². The van der Waals surface area contributed by atoms with E-state index in [1.807, 2.05) is 0 Å². The van der Waals surface area contributed by atoms with E-state index in [0.717, 1.165) is 0 Å². The zero-order valence-corrected chi connectivity index (χ0v) is 23.8. The molecule has 0 aromatic carbocycles. The molecule has 0 aliphatic carbocycles. The lowest BCUT2D eigenvalue weighted by molar-refractivity contribution is 0.538. The van der Waals surface area contributed by atoms with E-state index < -0.39 is 0 Å². The van der Waals surface area contributed by atoms with E-state index in [1.165, 1.54) is 180 Å². The van der Waals surface area contributed by atoms with Gasteiger partial charge in [0.05, 0.1) is 0 Å². The molecule has 0 aromatic rings. The van der Waals surface area contributed by atoms with Gasteiger partial charge in [0.2, 0.25) is 0 Å². The minimum absolute atomic E-state index is 1.37. The largest absolute Gasteiger partial charge is 0.0654 e. The predicted molar refractivity (Wildman–Crippen MR) is 152 cm³/mol. The smallest absolute Gasteiger partial charge is 0.0533 e. The number of unbranched alkanes of at least 4 members (excludes halogenated alkanes) is 26. The maximum absolute atomic E-state index is 2.29. The van der Waals surface area contributed by atoms with Gasteiger partial charge >= 0.3 is 0 Å². The molecule has 0 rings (SSSR count). The van der Waals surface area contributed by atoms with E-state index in [9.17, 15) is 0 Å². The van der Waals surface area contributed by atoms with Gasteiger partial charge in [-0.05, 0) is 0 Å². The van der Waals surface area contributed by atoms with Gasteiger partial charge in [-0.3, -0.25) is 0 Å². The third kappa shape index (κ3) is 37.3. The summed E-state index contributed by atoms with van der Waals surface area (Å²) in [5, 5.41) is 0. The monoisotopic (exact) mass is 453 g/mol. The molecule has 0 N–H and O–H groups in total. The summed E-state index contributed by atoms with van der Waals surface area (Å²) in [7, 11) is 0. The van der Waals surface area contributed by atoms with Gasteiger partial charge in [-0.25, -0.2) is 0 Å². The Morgan fingerprint density at radius 1 is 0.156 bits per heavy atom. The van der Waals surface area contributed by atoms with Crippen LogP contribution in [0.4, 0.5) is 0 Å². The van der Waals surface area contributed by atoms with Gasteiger partial charge in [0, 0.05) is 0 Å². The molecule has 196 valence electrons. The van der Waals surface area contributed by atoms with Gasteiger partial charge < -0.3 is 0 Å². The highest BCUT2D eigenvalue weighted by molar-refractivity contribution is 4.49. The zero-order chi connectivity index (χ0) is 23.8. The first kappa shape index (κ1) is 34.2. The SMILES string of the molecule is CCCCCCCCCCCCCCCC.CCCCCCCCCCCCCCCC. The summed E-state index contributed by atoms with van der Waals surface area (Å²) < 4.78 is 0. The van der Waals surface area contributed by atoms with Crippen LogP contribution in [0, 0.1) is 0 Å². The normalized spacial score (nSPS) is 10.9. The Morgan fingerprint density at radius 3 is 0.344 bits per heavy atom. The summed E-state index contributed by atoms with van der Waals surface area (Å²) >= 11 is 0. The topological polar surface area (TPSA) is 0 Å². The maximum atomic E-state index is 2.29. The lowest BCUT2D eigenvalue weighted by Crippen LogP contribution is -1.82. The fraction of sp³-hybridized carbons (Fsp3) is 1.00. The molecule has 0 fully saturated rings. The van der Waals surface area contributed by atoms with Crippen LogP contribution in [0.1, 0.15) is 207 Å². The third-order valence-corrected chi connectivity index (χ3v) is 6.91. The van der Waals surface area contributed by atoms with E-state index in [4.69, 9.17) is 0 Å². The Morgan fingerprint density at radius 2 is 0.250 bits per heavy atom. The highest BCUT2D eigenvalue weighted by atomic mass is 14.0. The predicted octanol–water partition coefficient (Wildman–Crippen LogP) is 13.0. The van der Waals surface area contributed by atoms with Gasteiger partial charge in [-0.15, -0.1) is 0 Å². The van der Waals surface area contributed by atoms with Crippen molar-refractivity contribution in [3.8, 4) is 0 Å². The summed E-state index contributed by atoms with van der Waals surface area (Å²) in [6.07, 6.45) is 40.8. The molecule has 0 aliphatic heterocycles. The van der Waals surface area contributed by atoms with Crippen molar-refractivity contribution >= 4 is 0 Å². The zero-order valence-electron chi connectivity index (χ0n) is 23.8. The second-order valence-corrected chi connectivity index (χ2v) is 10.5. The van der Waals surface area contributed by atoms with E-state index in [1.54, 1.807) is 0 Å². The average molecular weight is 453 g/mol. The molecular weight excluding hydrogens is 384 g/mol. The van der Waals surface area contributed by atoms with E-state index >= 15 is 0 Å². The number of hydrogen-bond acceptors (Lipinski definition) is 0. The molecule has 0 radical (unpaired) electrons. The quantitative estimate of drug-likeness (QED) is 0.114. The molecule has 0 saturated heterocycles. The Labute approximate surface area is 207 Å². The van der Waals surface area contributed by atoms with Gasteiger partial charge in [0.15, 0.2) is 0 Å². The fourth-order valence-corrected chi connectivity index (χ4v) is 4.54. The first-order valence-electron chi connectivity index (χ1n) is 15.8. The van der Waals surface area contributed by atoms with Crippen LogP contribution in [0.5, 0.6) is 0 Å². The molecule has 0 atom stereocenters. The van der Waals surface area contributed by atoms with Gasteiger partial charge in [0.1, 0.15) is 0 Å². The molecule has 32 heavy (non-hydrogen) atoms. The van der Waals surface area contributed by atoms with Crippen molar-refractivity contribution in [2.24, 2.45) is 0 Å². The van der Waals surface area contributed by atoms with E-state index in [0.29, 0.717) is 0 Å². The average Bonchev–Trinajstić information content (AvgIpc) is 2.81. The van der Waals surface area contributed by atoms with Crippen LogP contribution in [0.15, 0.2) is 0 Å². The summed E-state index contributed by atoms with van der Waals surface area (Å²) in [6.45, 7) is 9.16. The maximum Gasteiger partial charge on any atom is -0.0533 e. The minimum atomic E-state index is 1.37. The van der Waals surface area contributed by atoms with Gasteiger partial charge in [0.25, 0.3) is 0 Å². The molecule has 0 spiro atoms. The molecule has 0 heterocycles. The molecule has 0 amide bonds. The molecule has 0 aliphatic rings. The standard InChI is InChI=1S/2C16H34/c2*1-3-5-7-9-11-13-15-16-14-12-10-8-6-4-2/h2*3-16H2,1-2H3. The molecule has 0 aromatic heterocycles. The van der Waals surface area contributed by atoms with Crippen molar-refractivity contribution in [1.29, 1.82) is 0 Å². The first-order valence-corrected chi connectivity index (χ1v) is 15.8. The lowest BCUT2D eigenvalue weighted by Gasteiger charge is -2.02. The lowest BCUT2D eigenvalue weighted by atomic mass is 10.0. The minimum Gasteiger partial charge on any atom is -0.0654 e. The second-order valence-electron chi connectivity index (χ2n) is 10.5. The Balaban J connectivity index is 0. The summed E-state index contributed by atoms with van der Waals surface area (Å²) in [4.78, 5) is 0. The summed E-state index contributed by atoms with van der Waals surface area (Å²) in [5.41, 5.74) is 0. The Kier molecular flexibility index (Phi) is 38.0. The van der Waals surface area contributed by atoms with Crippen LogP contribution in [-0.4, -0.2) is 0 Å². The molecule has 0 heteroatoms. The van der Waals surface area contributed by atoms with Crippen molar-refractivity contribution in [3.05, 3.63) is 0 Å². The number of rotatable bonds is 26. The van der Waals surface area contributed by atoms with Crippen molar-refractivity contribution < 1.29 is 0 Å². The van der Waals surface area contributed by atoms with Crippen LogP contribution in [-0.2, 0) is 0 Å². The molecule has 0 unspecified atom stereocenters. The van der Waals surface area contributed by atoms with Crippen LogP contribution in [0.3, 0.4) is 0 Å². The van der Waals surface area contributed by atoms with Crippen LogP contribution in [0.2, 0.25) is 0 Å². The number of hydrogen-bond donors (Lipinski definition) is 0. The third-order valence-electron chi connectivity index (χ3n) is 6.91.